The van der Waals surface area contributed by atoms with Gasteiger partial charge in [0.25, 0.3) is 5.91 Å². The topological polar surface area (TPSA) is 59.9 Å². The minimum Gasteiger partial charge on any atom is -0.493 e. The molecule has 6 heteroatoms. The Hall–Kier alpha value is -2.09. The van der Waals surface area contributed by atoms with Crippen LogP contribution in [0.4, 0.5) is 0 Å². The summed E-state index contributed by atoms with van der Waals surface area (Å²) in [6.45, 7) is 1.88. The molecule has 0 aromatic heterocycles. The summed E-state index contributed by atoms with van der Waals surface area (Å²) in [6.07, 6.45) is 1.57. The van der Waals surface area contributed by atoms with Gasteiger partial charge in [0, 0.05) is 5.56 Å². The molecule has 0 saturated heterocycles. The van der Waals surface area contributed by atoms with Gasteiger partial charge in [-0.25, -0.2) is 5.43 Å². The fraction of sp³-hybridized carbons (Fsp3) is 0.176. The predicted molar refractivity (Wildman–Crippen MR) is 98.5 cm³/mol. The predicted octanol–water partition coefficient (Wildman–Crippen LogP) is 3.38. The van der Waals surface area contributed by atoms with Crippen molar-refractivity contribution in [2.24, 2.45) is 5.10 Å². The van der Waals surface area contributed by atoms with Gasteiger partial charge in [-0.2, -0.15) is 5.10 Å². The quantitative estimate of drug-likeness (QED) is 0.455. The van der Waals surface area contributed by atoms with Gasteiger partial charge >= 0.3 is 0 Å². The minimum atomic E-state index is -0.241. The first-order chi connectivity index (χ1) is 11.1. The maximum Gasteiger partial charge on any atom is 0.271 e. The third-order valence-corrected chi connectivity index (χ3v) is 4.03. The molecule has 0 atom stereocenters. The van der Waals surface area contributed by atoms with Crippen molar-refractivity contribution in [2.45, 2.75) is 6.92 Å². The monoisotopic (exact) mass is 424 g/mol. The van der Waals surface area contributed by atoms with E-state index in [4.69, 9.17) is 9.47 Å². The standard InChI is InChI=1S/C17H17IN2O3/c1-11-6-4-5-7-13(11)17(21)20-19-10-12-8-14(18)16(23-3)15(9-12)22-2/h4-10H,1-3H3,(H,20,21)/b19-10+. The summed E-state index contributed by atoms with van der Waals surface area (Å²) < 4.78 is 11.5. The number of aryl methyl sites for hydroxylation is 1. The summed E-state index contributed by atoms with van der Waals surface area (Å²) in [6, 6.07) is 11.0. The van der Waals surface area contributed by atoms with Gasteiger partial charge < -0.3 is 9.47 Å². The van der Waals surface area contributed by atoms with Gasteiger partial charge in [0.2, 0.25) is 0 Å². The van der Waals surface area contributed by atoms with E-state index in [2.05, 4.69) is 33.1 Å². The normalized spacial score (nSPS) is 10.6. The molecule has 0 radical (unpaired) electrons. The summed E-state index contributed by atoms with van der Waals surface area (Å²) in [4.78, 5) is 12.1. The van der Waals surface area contributed by atoms with Crippen LogP contribution in [-0.4, -0.2) is 26.3 Å². The fourth-order valence-electron chi connectivity index (χ4n) is 2.07. The first kappa shape index (κ1) is 17.3. The van der Waals surface area contributed by atoms with Crippen molar-refractivity contribution in [3.05, 3.63) is 56.7 Å². The van der Waals surface area contributed by atoms with Crippen molar-refractivity contribution in [1.29, 1.82) is 0 Å². The Morgan fingerprint density at radius 2 is 1.96 bits per heavy atom. The van der Waals surface area contributed by atoms with Gasteiger partial charge in [-0.05, 0) is 58.8 Å². The Balaban J connectivity index is 2.13. The average Bonchev–Trinajstić information content (AvgIpc) is 2.54. The molecule has 0 aliphatic heterocycles. The lowest BCUT2D eigenvalue weighted by atomic mass is 10.1. The summed E-state index contributed by atoms with van der Waals surface area (Å²) in [7, 11) is 3.17. The van der Waals surface area contributed by atoms with Crippen LogP contribution in [0.1, 0.15) is 21.5 Å². The highest BCUT2D eigenvalue weighted by molar-refractivity contribution is 14.1. The molecule has 1 N–H and O–H groups in total. The van der Waals surface area contributed by atoms with Gasteiger partial charge in [-0.1, -0.05) is 18.2 Å². The van der Waals surface area contributed by atoms with Crippen LogP contribution in [0.5, 0.6) is 11.5 Å². The average molecular weight is 424 g/mol. The number of nitrogens with one attached hydrogen (secondary N) is 1. The number of hydrogen-bond acceptors (Lipinski definition) is 4. The third-order valence-electron chi connectivity index (χ3n) is 3.23. The molecule has 5 nitrogen and oxygen atoms in total. The molecule has 0 aliphatic carbocycles. The molecule has 0 unspecified atom stereocenters. The Bertz CT molecular complexity index is 745. The smallest absolute Gasteiger partial charge is 0.271 e. The lowest BCUT2D eigenvalue weighted by molar-refractivity contribution is 0.0954. The van der Waals surface area contributed by atoms with E-state index in [1.165, 1.54) is 0 Å². The number of rotatable bonds is 5. The first-order valence-corrected chi connectivity index (χ1v) is 7.95. The van der Waals surface area contributed by atoms with E-state index in [9.17, 15) is 4.79 Å². The van der Waals surface area contributed by atoms with Crippen molar-refractivity contribution in [3.63, 3.8) is 0 Å². The van der Waals surface area contributed by atoms with Gasteiger partial charge in [0.15, 0.2) is 11.5 Å². The number of amides is 1. The van der Waals surface area contributed by atoms with E-state index in [0.29, 0.717) is 17.1 Å². The second-order valence-corrected chi connectivity index (χ2v) is 5.91. The highest BCUT2D eigenvalue weighted by Crippen LogP contribution is 2.32. The molecule has 23 heavy (non-hydrogen) atoms. The zero-order valence-electron chi connectivity index (χ0n) is 13.1. The molecule has 0 heterocycles. The van der Waals surface area contributed by atoms with Crippen LogP contribution in [0.25, 0.3) is 0 Å². The summed E-state index contributed by atoms with van der Waals surface area (Å²) in [5.41, 5.74) is 4.84. The second-order valence-electron chi connectivity index (χ2n) is 4.75. The number of nitrogens with zero attached hydrogens (tertiary/aromatic N) is 1. The number of carbonyl (C=O) groups excluding carboxylic acids is 1. The second kappa shape index (κ2) is 7.96. The van der Waals surface area contributed by atoms with Gasteiger partial charge in [0.1, 0.15) is 0 Å². The number of carbonyl (C=O) groups is 1. The van der Waals surface area contributed by atoms with E-state index >= 15 is 0 Å². The van der Waals surface area contributed by atoms with Crippen LogP contribution < -0.4 is 14.9 Å². The first-order valence-electron chi connectivity index (χ1n) is 6.87. The molecule has 2 aromatic rings. The zero-order chi connectivity index (χ0) is 16.8. The molecule has 1 amide bonds. The van der Waals surface area contributed by atoms with Gasteiger partial charge in [-0.3, -0.25) is 4.79 Å². The number of hydrazone groups is 1. The van der Waals surface area contributed by atoms with Crippen LogP contribution in [0.15, 0.2) is 41.5 Å². The lowest BCUT2D eigenvalue weighted by Crippen LogP contribution is -2.18. The SMILES string of the molecule is COc1cc(/C=N/NC(=O)c2ccccc2C)cc(I)c1OC. The Morgan fingerprint density at radius 1 is 1.22 bits per heavy atom. The van der Waals surface area contributed by atoms with Crippen molar-refractivity contribution >= 4 is 34.7 Å². The molecular weight excluding hydrogens is 407 g/mol. The molecule has 0 bridgehead atoms. The van der Waals surface area contributed by atoms with E-state index in [1.807, 2.05) is 31.2 Å². The lowest BCUT2D eigenvalue weighted by Gasteiger charge is -2.10. The van der Waals surface area contributed by atoms with Gasteiger partial charge in [0.05, 0.1) is 24.0 Å². The largest absolute Gasteiger partial charge is 0.493 e. The summed E-state index contributed by atoms with van der Waals surface area (Å²) in [5.74, 6) is 1.05. The molecule has 0 saturated carbocycles. The Morgan fingerprint density at radius 3 is 2.61 bits per heavy atom. The van der Waals surface area contributed by atoms with Crippen LogP contribution >= 0.6 is 22.6 Å². The molecule has 120 valence electrons. The molecule has 0 spiro atoms. The maximum absolute atomic E-state index is 12.1. The fourth-order valence-corrected chi connectivity index (χ4v) is 2.91. The van der Waals surface area contributed by atoms with Crippen LogP contribution in [0, 0.1) is 10.5 Å². The molecule has 2 rings (SSSR count). The van der Waals surface area contributed by atoms with Gasteiger partial charge in [-0.15, -0.1) is 0 Å². The number of ether oxygens (including phenoxy) is 2. The molecular formula is C17H17IN2O3. The highest BCUT2D eigenvalue weighted by Gasteiger charge is 2.10. The summed E-state index contributed by atoms with van der Waals surface area (Å²) >= 11 is 2.16. The van der Waals surface area contributed by atoms with Crippen LogP contribution in [0.3, 0.4) is 0 Å². The van der Waals surface area contributed by atoms with Crippen molar-refractivity contribution < 1.29 is 14.3 Å². The van der Waals surface area contributed by atoms with E-state index in [1.54, 1.807) is 32.6 Å². The number of benzene rings is 2. The highest BCUT2D eigenvalue weighted by atomic mass is 127. The van der Waals surface area contributed by atoms with Crippen LogP contribution in [0.2, 0.25) is 0 Å². The van der Waals surface area contributed by atoms with Crippen molar-refractivity contribution in [2.75, 3.05) is 14.2 Å². The number of hydrogen-bond donors (Lipinski definition) is 1. The number of methoxy groups -OCH3 is 2. The van der Waals surface area contributed by atoms with Crippen molar-refractivity contribution in [3.8, 4) is 11.5 Å². The Labute approximate surface area is 148 Å². The summed E-state index contributed by atoms with van der Waals surface area (Å²) in [5, 5.41) is 4.01. The third kappa shape index (κ3) is 4.22. The van der Waals surface area contributed by atoms with E-state index in [0.717, 1.165) is 14.7 Å². The Kier molecular flexibility index (Phi) is 5.97. The van der Waals surface area contributed by atoms with Crippen LogP contribution in [-0.2, 0) is 0 Å². The van der Waals surface area contributed by atoms with E-state index < -0.39 is 0 Å². The molecule has 0 fully saturated rings. The van der Waals surface area contributed by atoms with E-state index in [-0.39, 0.29) is 5.91 Å². The number of halogens is 1. The molecule has 0 aliphatic rings. The molecule has 2 aromatic carbocycles. The minimum absolute atomic E-state index is 0.241. The van der Waals surface area contributed by atoms with Crippen molar-refractivity contribution in [1.82, 2.24) is 5.43 Å². The zero-order valence-corrected chi connectivity index (χ0v) is 15.2. The maximum atomic E-state index is 12.1.